The number of halogens is 2. The summed E-state index contributed by atoms with van der Waals surface area (Å²) in [6, 6.07) is 11.9. The first-order valence-corrected chi connectivity index (χ1v) is 9.01. The first-order chi connectivity index (χ1) is 13.5. The molecule has 0 amide bonds. The van der Waals surface area contributed by atoms with Crippen molar-refractivity contribution in [2.75, 3.05) is 0 Å². The van der Waals surface area contributed by atoms with E-state index in [0.717, 1.165) is 0 Å². The van der Waals surface area contributed by atoms with Gasteiger partial charge >= 0.3 is 5.69 Å². The van der Waals surface area contributed by atoms with Crippen molar-refractivity contribution in [1.29, 1.82) is 0 Å². The fourth-order valence-electron chi connectivity index (χ4n) is 3.58. The molecule has 0 radical (unpaired) electrons. The molecule has 0 unspecified atom stereocenters. The second-order valence-corrected chi connectivity index (χ2v) is 7.16. The molecule has 1 aliphatic carbocycles. The van der Waals surface area contributed by atoms with E-state index in [2.05, 4.69) is 15.0 Å². The fraction of sp³-hybridized carbons (Fsp3) is 0. The van der Waals surface area contributed by atoms with Gasteiger partial charge in [0.15, 0.2) is 5.78 Å². The largest absolute Gasteiger partial charge is 0.327 e. The topological polar surface area (TPSA) is 95.7 Å². The molecular formula is C20H9Cl2N3O3. The Morgan fingerprint density at radius 3 is 2.32 bits per heavy atom. The number of H-pyrrole nitrogens is 2. The molecule has 8 heteroatoms. The molecule has 2 aromatic carbocycles. The first-order valence-electron chi connectivity index (χ1n) is 8.25. The van der Waals surface area contributed by atoms with E-state index in [1.807, 2.05) is 0 Å². The Labute approximate surface area is 166 Å². The lowest BCUT2D eigenvalue weighted by molar-refractivity contribution is 0.104. The maximum absolute atomic E-state index is 13.2. The summed E-state index contributed by atoms with van der Waals surface area (Å²) in [5, 5.41) is 0.733. The number of hydrogen-bond donors (Lipinski definition) is 2. The van der Waals surface area contributed by atoms with Gasteiger partial charge in [-0.15, -0.1) is 0 Å². The van der Waals surface area contributed by atoms with Crippen LogP contribution in [0.2, 0.25) is 10.0 Å². The van der Waals surface area contributed by atoms with Crippen LogP contribution in [0.4, 0.5) is 0 Å². The number of fused-ring (bicyclic) bond motifs is 4. The molecular weight excluding hydrogens is 401 g/mol. The number of hydrogen-bond acceptors (Lipinski definition) is 4. The minimum Gasteiger partial charge on any atom is -0.291 e. The Hall–Kier alpha value is -3.22. The molecule has 5 rings (SSSR count). The third kappa shape index (κ3) is 2.28. The molecule has 4 aromatic rings. The van der Waals surface area contributed by atoms with E-state index in [0.29, 0.717) is 38.5 Å². The zero-order chi connectivity index (χ0) is 19.6. The van der Waals surface area contributed by atoms with E-state index in [4.69, 9.17) is 23.2 Å². The number of nitrogens with one attached hydrogen (secondary N) is 2. The third-order valence-electron chi connectivity index (χ3n) is 4.75. The van der Waals surface area contributed by atoms with Gasteiger partial charge in [0.05, 0.1) is 26.7 Å². The zero-order valence-electron chi connectivity index (χ0n) is 14.0. The number of nitrogens with zero attached hydrogens (tertiary/aromatic N) is 1. The van der Waals surface area contributed by atoms with Crippen LogP contribution in [0.25, 0.3) is 33.4 Å². The van der Waals surface area contributed by atoms with Gasteiger partial charge in [0.1, 0.15) is 5.65 Å². The van der Waals surface area contributed by atoms with E-state index in [1.165, 1.54) is 0 Å². The normalized spacial score (nSPS) is 12.3. The number of pyridine rings is 1. The van der Waals surface area contributed by atoms with E-state index in [-0.39, 0.29) is 21.8 Å². The van der Waals surface area contributed by atoms with Crippen molar-refractivity contribution in [2.45, 2.75) is 0 Å². The molecule has 0 aliphatic heterocycles. The summed E-state index contributed by atoms with van der Waals surface area (Å²) in [5.74, 6) is -0.244. The second kappa shape index (κ2) is 5.89. The fourth-order valence-corrected chi connectivity index (χ4v) is 3.88. The summed E-state index contributed by atoms with van der Waals surface area (Å²) in [6.07, 6.45) is 0. The number of carbonyl (C=O) groups excluding carboxylic acids is 1. The molecule has 2 heterocycles. The Bertz CT molecular complexity index is 1450. The van der Waals surface area contributed by atoms with Gasteiger partial charge in [-0.05, 0) is 17.7 Å². The Morgan fingerprint density at radius 2 is 1.57 bits per heavy atom. The lowest BCUT2D eigenvalue weighted by Gasteiger charge is -2.12. The Morgan fingerprint density at radius 1 is 0.821 bits per heavy atom. The number of carbonyl (C=O) groups is 1. The van der Waals surface area contributed by atoms with Crippen molar-refractivity contribution >= 4 is 40.0 Å². The second-order valence-electron chi connectivity index (χ2n) is 6.35. The number of aromatic amines is 2. The summed E-state index contributed by atoms with van der Waals surface area (Å²) in [5.41, 5.74) is 1.50. The minimum atomic E-state index is -0.678. The standard InChI is InChI=1S/C20H9Cl2N3O3/c21-11-6-5-8(7-12(11)22)13-14-16(9-3-1-2-4-10(9)17(14)26)23-18-15(13)19(27)25-20(28)24-18/h1-7H,(H2,23,24,25,27,28). The van der Waals surface area contributed by atoms with Crippen LogP contribution in [0.3, 0.4) is 0 Å². The highest BCUT2D eigenvalue weighted by Gasteiger charge is 2.33. The highest BCUT2D eigenvalue weighted by atomic mass is 35.5. The molecule has 2 aromatic heterocycles. The van der Waals surface area contributed by atoms with Crippen molar-refractivity contribution in [1.82, 2.24) is 15.0 Å². The summed E-state index contributed by atoms with van der Waals surface area (Å²) in [7, 11) is 0. The average molecular weight is 410 g/mol. The zero-order valence-corrected chi connectivity index (χ0v) is 15.5. The molecule has 136 valence electrons. The number of benzene rings is 2. The van der Waals surface area contributed by atoms with E-state index < -0.39 is 11.2 Å². The van der Waals surface area contributed by atoms with Gasteiger partial charge in [0.2, 0.25) is 0 Å². The Balaban J connectivity index is 2.02. The molecule has 0 saturated heterocycles. The van der Waals surface area contributed by atoms with Gasteiger partial charge in [-0.1, -0.05) is 53.5 Å². The lowest BCUT2D eigenvalue weighted by Crippen LogP contribution is -2.23. The molecule has 28 heavy (non-hydrogen) atoms. The van der Waals surface area contributed by atoms with Gasteiger partial charge in [0, 0.05) is 16.7 Å². The molecule has 0 bridgehead atoms. The highest BCUT2D eigenvalue weighted by Crippen LogP contribution is 2.43. The van der Waals surface area contributed by atoms with Crippen molar-refractivity contribution in [3.8, 4) is 22.4 Å². The SMILES string of the molecule is O=C1c2ccccc2-c2nc3[nH]c(=O)[nH]c(=O)c3c(-c3ccc(Cl)c(Cl)c3)c21. The quantitative estimate of drug-likeness (QED) is 0.440. The summed E-state index contributed by atoms with van der Waals surface area (Å²) >= 11 is 12.2. The van der Waals surface area contributed by atoms with Gasteiger partial charge in [-0.3, -0.25) is 19.6 Å². The van der Waals surface area contributed by atoms with E-state index in [9.17, 15) is 14.4 Å². The van der Waals surface area contributed by atoms with Crippen molar-refractivity contribution < 1.29 is 4.79 Å². The first kappa shape index (κ1) is 16.9. The maximum Gasteiger partial charge on any atom is 0.327 e. The monoisotopic (exact) mass is 409 g/mol. The van der Waals surface area contributed by atoms with Crippen molar-refractivity contribution in [3.63, 3.8) is 0 Å². The van der Waals surface area contributed by atoms with Crippen molar-refractivity contribution in [3.05, 3.63) is 84.5 Å². The molecule has 0 fully saturated rings. The predicted molar refractivity (Wildman–Crippen MR) is 107 cm³/mol. The Kier molecular flexibility index (Phi) is 3.56. The summed E-state index contributed by atoms with van der Waals surface area (Å²) < 4.78 is 0. The molecule has 0 saturated carbocycles. The summed E-state index contributed by atoms with van der Waals surface area (Å²) in [6.45, 7) is 0. The number of rotatable bonds is 1. The van der Waals surface area contributed by atoms with Crippen LogP contribution in [0.5, 0.6) is 0 Å². The van der Waals surface area contributed by atoms with Crippen LogP contribution in [-0.4, -0.2) is 20.7 Å². The van der Waals surface area contributed by atoms with Crippen LogP contribution in [0.15, 0.2) is 52.1 Å². The van der Waals surface area contributed by atoms with Gasteiger partial charge in [-0.2, -0.15) is 0 Å². The number of aromatic nitrogens is 3. The average Bonchev–Trinajstić information content (AvgIpc) is 2.95. The number of ketones is 1. The van der Waals surface area contributed by atoms with E-state index in [1.54, 1.807) is 42.5 Å². The van der Waals surface area contributed by atoms with Gasteiger partial charge in [0.25, 0.3) is 5.56 Å². The predicted octanol–water partition coefficient (Wildman–Crippen LogP) is 3.80. The molecule has 6 nitrogen and oxygen atoms in total. The van der Waals surface area contributed by atoms with Crippen LogP contribution in [-0.2, 0) is 0 Å². The molecule has 1 aliphatic rings. The van der Waals surface area contributed by atoms with E-state index >= 15 is 0 Å². The van der Waals surface area contributed by atoms with Crippen LogP contribution in [0.1, 0.15) is 15.9 Å². The smallest absolute Gasteiger partial charge is 0.291 e. The highest BCUT2D eigenvalue weighted by molar-refractivity contribution is 6.42. The maximum atomic E-state index is 13.2. The minimum absolute atomic E-state index is 0.0954. The lowest BCUT2D eigenvalue weighted by atomic mass is 9.95. The van der Waals surface area contributed by atoms with Crippen LogP contribution < -0.4 is 11.2 Å². The molecule has 2 N–H and O–H groups in total. The molecule has 0 atom stereocenters. The molecule has 0 spiro atoms. The van der Waals surface area contributed by atoms with Gasteiger partial charge < -0.3 is 0 Å². The summed E-state index contributed by atoms with van der Waals surface area (Å²) in [4.78, 5) is 46.8. The van der Waals surface area contributed by atoms with Crippen LogP contribution >= 0.6 is 23.2 Å². The van der Waals surface area contributed by atoms with Crippen molar-refractivity contribution in [2.24, 2.45) is 0 Å². The van der Waals surface area contributed by atoms with Crippen LogP contribution in [0, 0.1) is 0 Å². The van der Waals surface area contributed by atoms with Gasteiger partial charge in [-0.25, -0.2) is 9.78 Å². The third-order valence-corrected chi connectivity index (χ3v) is 5.48.